The zero-order valence-electron chi connectivity index (χ0n) is 16.0. The topological polar surface area (TPSA) is 91.7 Å². The van der Waals surface area contributed by atoms with Gasteiger partial charge in [-0.05, 0) is 23.6 Å². The number of fused-ring (bicyclic) bond motifs is 1. The van der Waals surface area contributed by atoms with Crippen molar-refractivity contribution in [1.29, 1.82) is 0 Å². The number of carbonyl (C=O) groups is 1. The van der Waals surface area contributed by atoms with Crippen LogP contribution in [0.2, 0.25) is 0 Å². The maximum Gasteiger partial charge on any atom is 0.261 e. The molecular weight excluding hydrogens is 408 g/mol. The van der Waals surface area contributed by atoms with E-state index < -0.39 is 15.9 Å². The Balaban J connectivity index is 1.53. The number of carbonyl (C=O) groups excluding carboxylic acids is 1. The fourth-order valence-corrected chi connectivity index (χ4v) is 4.76. The maximum absolute atomic E-state index is 12.7. The van der Waals surface area contributed by atoms with Crippen molar-refractivity contribution in [3.05, 3.63) is 59.1 Å². The van der Waals surface area contributed by atoms with Gasteiger partial charge in [-0.1, -0.05) is 38.1 Å². The Morgan fingerprint density at radius 2 is 2.00 bits per heavy atom. The second kappa shape index (κ2) is 7.57. The van der Waals surface area contributed by atoms with Crippen molar-refractivity contribution in [2.75, 3.05) is 17.6 Å². The zero-order valence-corrected chi connectivity index (χ0v) is 17.6. The summed E-state index contributed by atoms with van der Waals surface area (Å²) in [6.45, 7) is 4.56. The van der Waals surface area contributed by atoms with Crippen molar-refractivity contribution in [2.24, 2.45) is 4.40 Å². The second-order valence-corrected chi connectivity index (χ2v) is 9.70. The summed E-state index contributed by atoms with van der Waals surface area (Å²) in [5.41, 5.74) is 3.20. The van der Waals surface area contributed by atoms with E-state index >= 15 is 0 Å². The van der Waals surface area contributed by atoms with E-state index in [4.69, 9.17) is 0 Å². The molecule has 4 rings (SSSR count). The molecule has 1 aromatic heterocycles. The molecule has 1 amide bonds. The van der Waals surface area contributed by atoms with Gasteiger partial charge in [-0.25, -0.2) is 13.4 Å². The lowest BCUT2D eigenvalue weighted by Gasteiger charge is -2.28. The second-order valence-electron chi connectivity index (χ2n) is 7.08. The summed E-state index contributed by atoms with van der Waals surface area (Å²) in [4.78, 5) is 18.9. The van der Waals surface area contributed by atoms with E-state index in [1.165, 1.54) is 16.9 Å². The lowest BCUT2D eigenvalue weighted by Crippen LogP contribution is -2.40. The monoisotopic (exact) mass is 428 g/mol. The minimum atomic E-state index is -3.56. The first-order valence-corrected chi connectivity index (χ1v) is 11.7. The first kappa shape index (κ1) is 19.5. The van der Waals surface area contributed by atoms with Gasteiger partial charge >= 0.3 is 0 Å². The van der Waals surface area contributed by atoms with Crippen LogP contribution in [0.15, 0.2) is 58.0 Å². The molecule has 0 fully saturated rings. The maximum atomic E-state index is 12.7. The number of rotatable bonds is 4. The number of amides is 1. The number of allylic oxidation sites excluding steroid dienone is 2. The van der Waals surface area contributed by atoms with Crippen molar-refractivity contribution in [3.8, 4) is 11.3 Å². The summed E-state index contributed by atoms with van der Waals surface area (Å²) in [6, 6.07) is 8.19. The average Bonchev–Trinajstić information content (AvgIpc) is 3.15. The summed E-state index contributed by atoms with van der Waals surface area (Å²) in [5, 5.41) is 5.08. The predicted molar refractivity (Wildman–Crippen MR) is 115 cm³/mol. The summed E-state index contributed by atoms with van der Waals surface area (Å²) in [6.07, 6.45) is 4.98. The molecule has 0 spiro atoms. The Hall–Kier alpha value is -2.78. The van der Waals surface area contributed by atoms with E-state index in [-0.39, 0.29) is 23.7 Å². The number of nitrogens with zero attached hydrogens (tertiary/aromatic N) is 3. The number of benzene rings is 1. The van der Waals surface area contributed by atoms with Gasteiger partial charge in [0.05, 0.1) is 17.0 Å². The van der Waals surface area contributed by atoms with Crippen LogP contribution in [0.25, 0.3) is 11.3 Å². The molecule has 0 bridgehead atoms. The molecule has 0 saturated carbocycles. The fraction of sp³-hybridized carbons (Fsp3) is 0.250. The molecule has 3 heterocycles. The first-order valence-electron chi connectivity index (χ1n) is 9.18. The first-order chi connectivity index (χ1) is 13.8. The number of amidine groups is 1. The standard InChI is InChI=1S/C20H20N4O3S2/c1-13(2)14-5-7-15(8-6-14)17-12-28-20(21-17)22-19(25)16-4-3-9-24-10-11-29(26,27)23-18(16)24/h3-9,12-13H,10-11H2,1-2H3,(H,21,22,25). The highest BCUT2D eigenvalue weighted by atomic mass is 32.2. The normalized spacial score (nSPS) is 17.6. The molecule has 2 aliphatic heterocycles. The van der Waals surface area contributed by atoms with Crippen LogP contribution < -0.4 is 5.32 Å². The third-order valence-corrected chi connectivity index (χ3v) is 6.61. The van der Waals surface area contributed by atoms with Crippen LogP contribution in [0.4, 0.5) is 5.13 Å². The molecular formula is C20H20N4O3S2. The van der Waals surface area contributed by atoms with Crippen molar-refractivity contribution < 1.29 is 13.2 Å². The number of hydrogen-bond acceptors (Lipinski definition) is 6. The highest BCUT2D eigenvalue weighted by Gasteiger charge is 2.30. The van der Waals surface area contributed by atoms with E-state index in [0.29, 0.717) is 11.0 Å². The van der Waals surface area contributed by atoms with Crippen molar-refractivity contribution >= 4 is 38.2 Å². The summed E-state index contributed by atoms with van der Waals surface area (Å²) >= 11 is 1.32. The van der Waals surface area contributed by atoms with Gasteiger partial charge in [0.1, 0.15) is 0 Å². The number of nitrogens with one attached hydrogen (secondary N) is 1. The highest BCUT2D eigenvalue weighted by molar-refractivity contribution is 7.90. The van der Waals surface area contributed by atoms with Gasteiger partial charge < -0.3 is 4.90 Å². The molecule has 2 aliphatic rings. The van der Waals surface area contributed by atoms with Crippen LogP contribution in [0.3, 0.4) is 0 Å². The Kier molecular flexibility index (Phi) is 5.10. The Bertz CT molecular complexity index is 1140. The van der Waals surface area contributed by atoms with Crippen molar-refractivity contribution in [1.82, 2.24) is 9.88 Å². The van der Waals surface area contributed by atoms with Crippen LogP contribution in [0.5, 0.6) is 0 Å². The van der Waals surface area contributed by atoms with Gasteiger partial charge in [0.15, 0.2) is 11.0 Å². The predicted octanol–water partition coefficient (Wildman–Crippen LogP) is 3.37. The largest absolute Gasteiger partial charge is 0.331 e. The lowest BCUT2D eigenvalue weighted by atomic mass is 10.0. The molecule has 0 saturated heterocycles. The average molecular weight is 429 g/mol. The van der Waals surface area contributed by atoms with Gasteiger partial charge in [0, 0.05) is 23.7 Å². The van der Waals surface area contributed by atoms with Crippen molar-refractivity contribution in [3.63, 3.8) is 0 Å². The van der Waals surface area contributed by atoms with Crippen molar-refractivity contribution in [2.45, 2.75) is 19.8 Å². The molecule has 7 nitrogen and oxygen atoms in total. The molecule has 0 aliphatic carbocycles. The number of thiazole rings is 1. The summed E-state index contributed by atoms with van der Waals surface area (Å²) in [5.74, 6) is 0.100. The SMILES string of the molecule is CC(C)c1ccc(-c2csc(NC(=O)C3=CC=CN4CCS(=O)(=O)N=C34)n2)cc1. The smallest absolute Gasteiger partial charge is 0.261 e. The Morgan fingerprint density at radius 1 is 1.24 bits per heavy atom. The van der Waals surface area contributed by atoms with E-state index in [0.717, 1.165) is 11.3 Å². The van der Waals surface area contributed by atoms with Crippen LogP contribution >= 0.6 is 11.3 Å². The number of anilines is 1. The molecule has 9 heteroatoms. The highest BCUT2D eigenvalue weighted by Crippen LogP contribution is 2.27. The van der Waals surface area contributed by atoms with Crippen LogP contribution in [0.1, 0.15) is 25.3 Å². The number of aromatic nitrogens is 1. The molecule has 150 valence electrons. The molecule has 1 aromatic carbocycles. The van der Waals surface area contributed by atoms with E-state index in [9.17, 15) is 13.2 Å². The molecule has 1 N–H and O–H groups in total. The summed E-state index contributed by atoms with van der Waals surface area (Å²) < 4.78 is 27.5. The lowest BCUT2D eigenvalue weighted by molar-refractivity contribution is -0.112. The summed E-state index contributed by atoms with van der Waals surface area (Å²) in [7, 11) is -3.56. The third-order valence-electron chi connectivity index (χ3n) is 4.70. The fourth-order valence-electron chi connectivity index (χ4n) is 3.06. The van der Waals surface area contributed by atoms with Gasteiger partial charge in [0.2, 0.25) is 0 Å². The molecule has 0 radical (unpaired) electrons. The van der Waals surface area contributed by atoms with E-state index in [1.54, 1.807) is 23.3 Å². The minimum absolute atomic E-state index is 0.0683. The van der Waals surface area contributed by atoms with E-state index in [1.807, 2.05) is 17.5 Å². The minimum Gasteiger partial charge on any atom is -0.331 e. The van der Waals surface area contributed by atoms with E-state index in [2.05, 4.69) is 40.7 Å². The van der Waals surface area contributed by atoms with Gasteiger partial charge in [-0.2, -0.15) is 0 Å². The molecule has 29 heavy (non-hydrogen) atoms. The Labute approximate surface area is 173 Å². The van der Waals surface area contributed by atoms with Crippen LogP contribution in [-0.4, -0.2) is 42.3 Å². The van der Waals surface area contributed by atoms with Gasteiger partial charge in [-0.15, -0.1) is 15.7 Å². The third kappa shape index (κ3) is 4.15. The van der Waals surface area contributed by atoms with Gasteiger partial charge in [-0.3, -0.25) is 10.1 Å². The van der Waals surface area contributed by atoms with Gasteiger partial charge in [0.25, 0.3) is 15.9 Å². The number of sulfonamides is 1. The van der Waals surface area contributed by atoms with Crippen LogP contribution in [-0.2, 0) is 14.8 Å². The quantitative estimate of drug-likeness (QED) is 0.806. The molecule has 0 unspecified atom stereocenters. The molecule has 2 aromatic rings. The molecule has 0 atom stereocenters. The zero-order chi connectivity index (χ0) is 20.6. The Morgan fingerprint density at radius 3 is 2.72 bits per heavy atom. The van der Waals surface area contributed by atoms with Crippen LogP contribution in [0, 0.1) is 0 Å². The number of hydrogen-bond donors (Lipinski definition) is 1.